The van der Waals surface area contributed by atoms with Crippen LogP contribution in [-0.4, -0.2) is 6.54 Å². The van der Waals surface area contributed by atoms with Crippen molar-refractivity contribution in [3.05, 3.63) is 58.5 Å². The zero-order valence-electron chi connectivity index (χ0n) is 8.74. The van der Waals surface area contributed by atoms with E-state index in [2.05, 4.69) is 11.4 Å². The molecule has 0 saturated carbocycles. The van der Waals surface area contributed by atoms with E-state index in [0.29, 0.717) is 0 Å². The average molecular weight is 234 g/mol. The van der Waals surface area contributed by atoms with E-state index in [1.807, 2.05) is 24.3 Å². The monoisotopic (exact) mass is 233 g/mol. The maximum absolute atomic E-state index is 6.01. The van der Waals surface area contributed by atoms with E-state index in [0.717, 1.165) is 29.3 Å². The molecule has 1 aliphatic heterocycles. The average Bonchev–Trinajstić information content (AvgIpc) is 2.76. The molecule has 82 valence electrons. The molecule has 2 nitrogen and oxygen atoms in total. The van der Waals surface area contributed by atoms with Gasteiger partial charge in [0.1, 0.15) is 5.76 Å². The molecule has 0 aliphatic carbocycles. The van der Waals surface area contributed by atoms with Gasteiger partial charge in [-0.3, -0.25) is 0 Å². The summed E-state index contributed by atoms with van der Waals surface area (Å²) in [5, 5.41) is 4.21. The van der Waals surface area contributed by atoms with E-state index in [1.165, 1.54) is 5.56 Å². The highest BCUT2D eigenvalue weighted by atomic mass is 35.5. The Balaban J connectivity index is 2.04. The van der Waals surface area contributed by atoms with E-state index in [1.54, 1.807) is 6.26 Å². The minimum Gasteiger partial charge on any atom is -0.467 e. The molecular weight excluding hydrogens is 222 g/mol. The molecule has 1 atom stereocenters. The number of benzene rings is 1. The molecule has 1 unspecified atom stereocenters. The number of nitrogens with one attached hydrogen (secondary N) is 1. The van der Waals surface area contributed by atoms with E-state index >= 15 is 0 Å². The van der Waals surface area contributed by atoms with Crippen LogP contribution >= 0.6 is 11.6 Å². The van der Waals surface area contributed by atoms with Crippen LogP contribution in [0, 0.1) is 0 Å². The minimum absolute atomic E-state index is 0.137. The summed E-state index contributed by atoms with van der Waals surface area (Å²) >= 11 is 6.01. The van der Waals surface area contributed by atoms with Gasteiger partial charge in [0, 0.05) is 11.6 Å². The Morgan fingerprint density at radius 1 is 1.31 bits per heavy atom. The van der Waals surface area contributed by atoms with Gasteiger partial charge < -0.3 is 9.73 Å². The molecule has 2 aromatic rings. The van der Waals surface area contributed by atoms with Crippen molar-refractivity contribution in [2.24, 2.45) is 0 Å². The van der Waals surface area contributed by atoms with Crippen molar-refractivity contribution in [1.82, 2.24) is 5.32 Å². The number of hydrogen-bond acceptors (Lipinski definition) is 2. The number of furan rings is 1. The molecule has 0 bridgehead atoms. The van der Waals surface area contributed by atoms with Crippen LogP contribution in [0.2, 0.25) is 5.02 Å². The van der Waals surface area contributed by atoms with Crippen LogP contribution < -0.4 is 5.32 Å². The van der Waals surface area contributed by atoms with Gasteiger partial charge in [-0.05, 0) is 35.7 Å². The summed E-state index contributed by atoms with van der Waals surface area (Å²) in [6.45, 7) is 0.976. The van der Waals surface area contributed by atoms with Crippen LogP contribution in [0.1, 0.15) is 22.9 Å². The molecule has 0 spiro atoms. The quantitative estimate of drug-likeness (QED) is 0.819. The summed E-state index contributed by atoms with van der Waals surface area (Å²) in [6.07, 6.45) is 2.79. The van der Waals surface area contributed by atoms with E-state index < -0.39 is 0 Å². The van der Waals surface area contributed by atoms with Crippen LogP contribution in [-0.2, 0) is 6.42 Å². The third-order valence-electron chi connectivity index (χ3n) is 2.97. The van der Waals surface area contributed by atoms with Gasteiger partial charge >= 0.3 is 0 Å². The van der Waals surface area contributed by atoms with Crippen molar-refractivity contribution in [3.63, 3.8) is 0 Å². The van der Waals surface area contributed by atoms with Gasteiger partial charge in [-0.15, -0.1) is 0 Å². The molecule has 1 aliphatic rings. The Morgan fingerprint density at radius 2 is 2.25 bits per heavy atom. The second-order valence-electron chi connectivity index (χ2n) is 4.00. The molecule has 3 rings (SSSR count). The zero-order valence-corrected chi connectivity index (χ0v) is 9.50. The van der Waals surface area contributed by atoms with Crippen molar-refractivity contribution in [2.75, 3.05) is 6.54 Å². The maximum Gasteiger partial charge on any atom is 0.128 e. The number of rotatable bonds is 1. The first-order valence-corrected chi connectivity index (χ1v) is 5.77. The van der Waals surface area contributed by atoms with Gasteiger partial charge in [0.25, 0.3) is 0 Å². The van der Waals surface area contributed by atoms with Crippen molar-refractivity contribution < 1.29 is 4.42 Å². The lowest BCUT2D eigenvalue weighted by Crippen LogP contribution is -2.29. The van der Waals surface area contributed by atoms with Crippen molar-refractivity contribution in [3.8, 4) is 0 Å². The highest BCUT2D eigenvalue weighted by Gasteiger charge is 2.24. The largest absolute Gasteiger partial charge is 0.467 e. The summed E-state index contributed by atoms with van der Waals surface area (Å²) < 4.78 is 5.56. The van der Waals surface area contributed by atoms with Gasteiger partial charge in [-0.1, -0.05) is 23.7 Å². The standard InChI is InChI=1S/C13H12ClNO/c14-11-3-1-2-10(8-11)12-13-9(4-6-15-12)5-7-16-13/h1-3,5,7-8,12,15H,4,6H2. The molecule has 1 N–H and O–H groups in total. The second-order valence-corrected chi connectivity index (χ2v) is 4.44. The zero-order chi connectivity index (χ0) is 11.0. The molecule has 0 amide bonds. The van der Waals surface area contributed by atoms with Crippen LogP contribution in [0.5, 0.6) is 0 Å². The van der Waals surface area contributed by atoms with E-state index in [9.17, 15) is 0 Å². The Bertz CT molecular complexity index is 506. The summed E-state index contributed by atoms with van der Waals surface area (Å²) in [4.78, 5) is 0. The fourth-order valence-corrected chi connectivity index (χ4v) is 2.41. The lowest BCUT2D eigenvalue weighted by Gasteiger charge is -2.23. The van der Waals surface area contributed by atoms with Crippen LogP contribution in [0.15, 0.2) is 41.0 Å². The fraction of sp³-hybridized carbons (Fsp3) is 0.231. The number of fused-ring (bicyclic) bond motifs is 1. The topological polar surface area (TPSA) is 25.2 Å². The van der Waals surface area contributed by atoms with Gasteiger partial charge in [-0.2, -0.15) is 0 Å². The third kappa shape index (κ3) is 1.64. The minimum atomic E-state index is 0.137. The highest BCUT2D eigenvalue weighted by Crippen LogP contribution is 2.30. The summed E-state index contributed by atoms with van der Waals surface area (Å²) in [7, 11) is 0. The highest BCUT2D eigenvalue weighted by molar-refractivity contribution is 6.30. The first kappa shape index (κ1) is 9.94. The summed E-state index contributed by atoms with van der Waals surface area (Å²) in [5.74, 6) is 1.02. The Labute approximate surface area is 99.2 Å². The molecule has 0 fully saturated rings. The van der Waals surface area contributed by atoms with Gasteiger partial charge in [0.2, 0.25) is 0 Å². The normalized spacial score (nSPS) is 19.4. The molecule has 0 saturated heterocycles. The Kier molecular flexibility index (Phi) is 2.46. The van der Waals surface area contributed by atoms with E-state index in [4.69, 9.17) is 16.0 Å². The predicted octanol–water partition coefficient (Wildman–Crippen LogP) is 3.17. The molecule has 2 heterocycles. The summed E-state index contributed by atoms with van der Waals surface area (Å²) in [6, 6.07) is 10.1. The Morgan fingerprint density at radius 3 is 3.12 bits per heavy atom. The SMILES string of the molecule is Clc1cccc(C2NCCc3ccoc32)c1. The lowest BCUT2D eigenvalue weighted by atomic mass is 9.97. The Hall–Kier alpha value is -1.25. The molecule has 1 aromatic carbocycles. The molecule has 3 heteroatoms. The molecule has 0 radical (unpaired) electrons. The fourth-order valence-electron chi connectivity index (χ4n) is 2.21. The smallest absolute Gasteiger partial charge is 0.128 e. The molecular formula is C13H12ClNO. The van der Waals surface area contributed by atoms with Gasteiger partial charge in [0.15, 0.2) is 0 Å². The van der Waals surface area contributed by atoms with Crippen LogP contribution in [0.4, 0.5) is 0 Å². The first-order valence-electron chi connectivity index (χ1n) is 5.40. The summed E-state index contributed by atoms with van der Waals surface area (Å²) in [5.41, 5.74) is 2.45. The van der Waals surface area contributed by atoms with Crippen LogP contribution in [0.3, 0.4) is 0 Å². The molecule has 16 heavy (non-hydrogen) atoms. The van der Waals surface area contributed by atoms with Crippen molar-refractivity contribution in [1.29, 1.82) is 0 Å². The molecule has 1 aromatic heterocycles. The van der Waals surface area contributed by atoms with Crippen molar-refractivity contribution >= 4 is 11.6 Å². The van der Waals surface area contributed by atoms with Crippen molar-refractivity contribution in [2.45, 2.75) is 12.5 Å². The second kappa shape index (κ2) is 3.96. The van der Waals surface area contributed by atoms with E-state index in [-0.39, 0.29) is 6.04 Å². The van der Waals surface area contributed by atoms with Gasteiger partial charge in [0.05, 0.1) is 12.3 Å². The third-order valence-corrected chi connectivity index (χ3v) is 3.20. The number of hydrogen-bond donors (Lipinski definition) is 1. The predicted molar refractivity (Wildman–Crippen MR) is 63.7 cm³/mol. The van der Waals surface area contributed by atoms with Gasteiger partial charge in [-0.25, -0.2) is 0 Å². The van der Waals surface area contributed by atoms with Crippen LogP contribution in [0.25, 0.3) is 0 Å². The first-order chi connectivity index (χ1) is 7.84. The maximum atomic E-state index is 6.01. The number of halogens is 1. The lowest BCUT2D eigenvalue weighted by molar-refractivity contribution is 0.425.